The Bertz CT molecular complexity index is 457. The summed E-state index contributed by atoms with van der Waals surface area (Å²) < 4.78 is 4.90. The predicted molar refractivity (Wildman–Crippen MR) is 54.9 cm³/mol. The van der Waals surface area contributed by atoms with Crippen LogP contribution < -0.4 is 0 Å². The van der Waals surface area contributed by atoms with Crippen molar-refractivity contribution >= 4 is 5.97 Å². The van der Waals surface area contributed by atoms with Gasteiger partial charge in [0, 0.05) is 6.42 Å². The Hall–Kier alpha value is -2.03. The summed E-state index contributed by atoms with van der Waals surface area (Å²) >= 11 is 0. The third-order valence-corrected chi connectivity index (χ3v) is 2.12. The number of carboxylic acid groups (broad SMARTS) is 1. The minimum Gasteiger partial charge on any atom is -0.475 e. The van der Waals surface area contributed by atoms with Gasteiger partial charge in [0.25, 0.3) is 0 Å². The van der Waals surface area contributed by atoms with Gasteiger partial charge < -0.3 is 9.52 Å². The molecule has 3 nitrogen and oxygen atoms in total. The van der Waals surface area contributed by atoms with Gasteiger partial charge in [-0.15, -0.1) is 0 Å². The Kier molecular flexibility index (Phi) is 2.54. The van der Waals surface area contributed by atoms with Crippen LogP contribution in [-0.2, 0) is 6.42 Å². The van der Waals surface area contributed by atoms with Gasteiger partial charge in [0.15, 0.2) is 0 Å². The summed E-state index contributed by atoms with van der Waals surface area (Å²) in [6.45, 7) is 0. The first-order valence-electron chi connectivity index (χ1n) is 4.60. The predicted octanol–water partition coefficient (Wildman–Crippen LogP) is 2.57. The third-order valence-electron chi connectivity index (χ3n) is 2.12. The van der Waals surface area contributed by atoms with Crippen LogP contribution in [0, 0.1) is 0 Å². The van der Waals surface area contributed by atoms with E-state index in [1.165, 1.54) is 6.26 Å². The molecule has 0 spiro atoms. The van der Waals surface area contributed by atoms with Crippen molar-refractivity contribution in [1.82, 2.24) is 0 Å². The van der Waals surface area contributed by atoms with Crippen LogP contribution in [0.5, 0.6) is 0 Å². The number of hydrogen-bond donors (Lipinski definition) is 1. The highest BCUT2D eigenvalue weighted by atomic mass is 16.4. The van der Waals surface area contributed by atoms with Crippen molar-refractivity contribution in [2.45, 2.75) is 6.42 Å². The molecule has 0 saturated carbocycles. The van der Waals surface area contributed by atoms with Crippen LogP contribution in [0.15, 0.2) is 47.1 Å². The summed E-state index contributed by atoms with van der Waals surface area (Å²) in [5, 5.41) is 8.67. The zero-order valence-corrected chi connectivity index (χ0v) is 8.01. The SMILES string of the molecule is O=C(O)c1cc(Cc2ccccc2)co1. The third kappa shape index (κ3) is 2.26. The first-order valence-corrected chi connectivity index (χ1v) is 4.60. The van der Waals surface area contributed by atoms with E-state index in [1.54, 1.807) is 6.07 Å². The van der Waals surface area contributed by atoms with E-state index in [1.807, 2.05) is 30.3 Å². The van der Waals surface area contributed by atoms with E-state index in [0.29, 0.717) is 6.42 Å². The van der Waals surface area contributed by atoms with Crippen molar-refractivity contribution in [2.75, 3.05) is 0 Å². The molecule has 0 radical (unpaired) electrons. The summed E-state index contributed by atoms with van der Waals surface area (Å²) in [5.41, 5.74) is 2.01. The normalized spacial score (nSPS) is 10.1. The number of carboxylic acids is 1. The van der Waals surface area contributed by atoms with Gasteiger partial charge >= 0.3 is 5.97 Å². The molecular weight excluding hydrogens is 192 g/mol. The molecular formula is C12H10O3. The van der Waals surface area contributed by atoms with E-state index in [-0.39, 0.29) is 5.76 Å². The van der Waals surface area contributed by atoms with Crippen LogP contribution in [0.25, 0.3) is 0 Å². The Morgan fingerprint density at radius 1 is 1.20 bits per heavy atom. The minimum atomic E-state index is -1.03. The lowest BCUT2D eigenvalue weighted by atomic mass is 10.1. The number of furan rings is 1. The molecule has 76 valence electrons. The van der Waals surface area contributed by atoms with Crippen molar-refractivity contribution in [3.8, 4) is 0 Å². The Morgan fingerprint density at radius 2 is 1.93 bits per heavy atom. The molecule has 0 amide bonds. The molecule has 1 N–H and O–H groups in total. The molecule has 0 aliphatic rings. The van der Waals surface area contributed by atoms with Crippen LogP contribution in [-0.4, -0.2) is 11.1 Å². The summed E-state index contributed by atoms with van der Waals surface area (Å²) in [7, 11) is 0. The fourth-order valence-electron chi connectivity index (χ4n) is 1.41. The zero-order chi connectivity index (χ0) is 10.7. The average Bonchev–Trinajstić information content (AvgIpc) is 2.68. The van der Waals surface area contributed by atoms with E-state index in [2.05, 4.69) is 0 Å². The van der Waals surface area contributed by atoms with Crippen LogP contribution in [0.1, 0.15) is 21.7 Å². The molecule has 2 aromatic rings. The van der Waals surface area contributed by atoms with Crippen LogP contribution in [0.2, 0.25) is 0 Å². The lowest BCUT2D eigenvalue weighted by Crippen LogP contribution is -1.92. The molecule has 2 rings (SSSR count). The fourth-order valence-corrected chi connectivity index (χ4v) is 1.41. The molecule has 0 unspecified atom stereocenters. The van der Waals surface area contributed by atoms with Crippen molar-refractivity contribution in [2.24, 2.45) is 0 Å². The highest BCUT2D eigenvalue weighted by Crippen LogP contribution is 2.12. The Balaban J connectivity index is 2.15. The number of aromatic carboxylic acids is 1. The molecule has 0 aliphatic heterocycles. The lowest BCUT2D eigenvalue weighted by molar-refractivity contribution is 0.0662. The number of benzene rings is 1. The number of rotatable bonds is 3. The summed E-state index contributed by atoms with van der Waals surface area (Å²) in [5.74, 6) is -1.05. The molecule has 0 fully saturated rings. The largest absolute Gasteiger partial charge is 0.475 e. The average molecular weight is 202 g/mol. The van der Waals surface area contributed by atoms with Gasteiger partial charge in [0.05, 0.1) is 6.26 Å². The quantitative estimate of drug-likeness (QED) is 0.832. The first kappa shape index (κ1) is 9.52. The highest BCUT2D eigenvalue weighted by molar-refractivity contribution is 5.84. The Labute approximate surface area is 87.0 Å². The van der Waals surface area contributed by atoms with Gasteiger partial charge in [-0.25, -0.2) is 4.79 Å². The summed E-state index contributed by atoms with van der Waals surface area (Å²) in [4.78, 5) is 10.6. The monoisotopic (exact) mass is 202 g/mol. The molecule has 0 saturated heterocycles. The highest BCUT2D eigenvalue weighted by Gasteiger charge is 2.08. The zero-order valence-electron chi connectivity index (χ0n) is 8.01. The lowest BCUT2D eigenvalue weighted by Gasteiger charge is -1.95. The van der Waals surface area contributed by atoms with E-state index in [4.69, 9.17) is 9.52 Å². The number of carbonyl (C=O) groups is 1. The van der Waals surface area contributed by atoms with E-state index in [0.717, 1.165) is 11.1 Å². The second-order valence-corrected chi connectivity index (χ2v) is 3.29. The van der Waals surface area contributed by atoms with Crippen molar-refractivity contribution in [3.63, 3.8) is 0 Å². The fraction of sp³-hybridized carbons (Fsp3) is 0.0833. The molecule has 1 aromatic carbocycles. The van der Waals surface area contributed by atoms with Gasteiger partial charge in [0.1, 0.15) is 0 Å². The van der Waals surface area contributed by atoms with Gasteiger partial charge in [-0.3, -0.25) is 0 Å². The standard InChI is InChI=1S/C12H10O3/c13-12(14)11-7-10(8-15-11)6-9-4-2-1-3-5-9/h1-5,7-8H,6H2,(H,13,14). The molecule has 0 aliphatic carbocycles. The molecule has 15 heavy (non-hydrogen) atoms. The maximum Gasteiger partial charge on any atom is 0.371 e. The minimum absolute atomic E-state index is 0.0130. The van der Waals surface area contributed by atoms with E-state index in [9.17, 15) is 4.79 Å². The Morgan fingerprint density at radius 3 is 2.53 bits per heavy atom. The van der Waals surface area contributed by atoms with Crippen LogP contribution in [0.3, 0.4) is 0 Å². The van der Waals surface area contributed by atoms with Gasteiger partial charge in [-0.05, 0) is 17.2 Å². The maximum atomic E-state index is 10.6. The second-order valence-electron chi connectivity index (χ2n) is 3.29. The van der Waals surface area contributed by atoms with Gasteiger partial charge in [-0.1, -0.05) is 30.3 Å². The first-order chi connectivity index (χ1) is 7.25. The summed E-state index contributed by atoms with van der Waals surface area (Å²) in [6, 6.07) is 11.4. The van der Waals surface area contributed by atoms with Crippen LogP contribution >= 0.6 is 0 Å². The van der Waals surface area contributed by atoms with E-state index < -0.39 is 5.97 Å². The molecule has 1 aromatic heterocycles. The second kappa shape index (κ2) is 4.00. The summed E-state index contributed by atoms with van der Waals surface area (Å²) in [6.07, 6.45) is 2.17. The van der Waals surface area contributed by atoms with Crippen LogP contribution in [0.4, 0.5) is 0 Å². The molecule has 1 heterocycles. The number of hydrogen-bond acceptors (Lipinski definition) is 2. The van der Waals surface area contributed by atoms with Gasteiger partial charge in [0.2, 0.25) is 5.76 Å². The topological polar surface area (TPSA) is 50.4 Å². The molecule has 3 heteroatoms. The van der Waals surface area contributed by atoms with Crippen molar-refractivity contribution in [1.29, 1.82) is 0 Å². The smallest absolute Gasteiger partial charge is 0.371 e. The molecule has 0 bridgehead atoms. The van der Waals surface area contributed by atoms with Crippen molar-refractivity contribution < 1.29 is 14.3 Å². The molecule has 0 atom stereocenters. The van der Waals surface area contributed by atoms with Crippen molar-refractivity contribution in [3.05, 3.63) is 59.5 Å². The van der Waals surface area contributed by atoms with E-state index >= 15 is 0 Å². The van der Waals surface area contributed by atoms with Gasteiger partial charge in [-0.2, -0.15) is 0 Å². The maximum absolute atomic E-state index is 10.6.